The van der Waals surface area contributed by atoms with Gasteiger partial charge in [0, 0.05) is 30.0 Å². The molecule has 154 valence electrons. The average Bonchev–Trinajstić information content (AvgIpc) is 3.14. The Balaban J connectivity index is 1.77. The van der Waals surface area contributed by atoms with Crippen LogP contribution in [0.1, 0.15) is 38.4 Å². The van der Waals surface area contributed by atoms with Crippen LogP contribution in [-0.4, -0.2) is 61.3 Å². The van der Waals surface area contributed by atoms with Crippen LogP contribution >= 0.6 is 0 Å². The Hall–Kier alpha value is -3.01. The van der Waals surface area contributed by atoms with E-state index in [1.807, 2.05) is 6.92 Å². The number of amides is 1. The van der Waals surface area contributed by atoms with Crippen molar-refractivity contribution in [1.82, 2.24) is 24.5 Å². The van der Waals surface area contributed by atoms with Gasteiger partial charge in [0.25, 0.3) is 5.91 Å². The number of nitrogens with two attached hydrogens (primary N) is 1. The first-order valence-electron chi connectivity index (χ1n) is 9.48. The number of hydrogen-bond acceptors (Lipinski definition) is 7. The van der Waals surface area contributed by atoms with E-state index in [0.29, 0.717) is 28.9 Å². The highest BCUT2D eigenvalue weighted by molar-refractivity contribution is 5.93. The number of aromatic nitrogens is 4. The summed E-state index contributed by atoms with van der Waals surface area (Å²) in [6.07, 6.45) is 0.487. The van der Waals surface area contributed by atoms with E-state index in [9.17, 15) is 14.3 Å². The van der Waals surface area contributed by atoms with Gasteiger partial charge in [0.1, 0.15) is 6.10 Å². The second-order valence-corrected chi connectivity index (χ2v) is 7.47. The third-order valence-corrected chi connectivity index (χ3v) is 5.47. The van der Waals surface area contributed by atoms with Crippen molar-refractivity contribution in [1.29, 1.82) is 0 Å². The van der Waals surface area contributed by atoms with Gasteiger partial charge in [-0.2, -0.15) is 4.52 Å². The maximum atomic E-state index is 14.3. The molecule has 0 radical (unpaired) electrons. The first-order chi connectivity index (χ1) is 13.8. The summed E-state index contributed by atoms with van der Waals surface area (Å²) in [6, 6.07) is 2.81. The normalized spacial score (nSPS) is 20.9. The molecule has 1 amide bonds. The van der Waals surface area contributed by atoms with Gasteiger partial charge < -0.3 is 20.5 Å². The van der Waals surface area contributed by atoms with Gasteiger partial charge in [0.05, 0.1) is 12.6 Å². The van der Waals surface area contributed by atoms with Gasteiger partial charge >= 0.3 is 0 Å². The third-order valence-electron chi connectivity index (χ3n) is 5.47. The van der Waals surface area contributed by atoms with E-state index in [1.54, 1.807) is 4.90 Å². The minimum Gasteiger partial charge on any atom is -0.494 e. The summed E-state index contributed by atoms with van der Waals surface area (Å²) >= 11 is 0. The number of carbonyl (C=O) groups excluding carboxylic acids is 1. The fourth-order valence-corrected chi connectivity index (χ4v) is 3.84. The highest BCUT2D eigenvalue weighted by Gasteiger charge is 2.33. The zero-order chi connectivity index (χ0) is 20.9. The number of hydrogen-bond donors (Lipinski definition) is 2. The van der Waals surface area contributed by atoms with Gasteiger partial charge in [-0.15, -0.1) is 5.10 Å². The smallest absolute Gasteiger partial charge is 0.251 e. The van der Waals surface area contributed by atoms with E-state index in [0.717, 1.165) is 12.8 Å². The highest BCUT2D eigenvalue weighted by atomic mass is 19.1. The fourth-order valence-electron chi connectivity index (χ4n) is 3.84. The molecule has 0 unspecified atom stereocenters. The Kier molecular flexibility index (Phi) is 4.73. The predicted molar refractivity (Wildman–Crippen MR) is 104 cm³/mol. The molecule has 2 aromatic heterocycles. The topological polar surface area (TPSA) is 119 Å². The van der Waals surface area contributed by atoms with E-state index in [4.69, 9.17) is 10.5 Å². The Labute approximate surface area is 166 Å². The van der Waals surface area contributed by atoms with Crippen LogP contribution in [0.4, 0.5) is 10.3 Å². The van der Waals surface area contributed by atoms with E-state index in [1.165, 1.54) is 30.7 Å². The standard InChI is InChI=1S/C19H23FN6O3/c1-9-4-5-11(8-25(9)18(28)10(2)27)16-23-17-12-6-13(20)15(29-3)7-14(12)22-19(21)26(17)24-16/h6-7,9-11,27H,4-5,8H2,1-3H3,(H2,21,22)/t9-,10-,11+/m0/s1. The molecular weight excluding hydrogens is 379 g/mol. The Morgan fingerprint density at radius 1 is 1.38 bits per heavy atom. The lowest BCUT2D eigenvalue weighted by molar-refractivity contribution is -0.143. The minimum absolute atomic E-state index is 0.0273. The molecule has 1 fully saturated rings. The van der Waals surface area contributed by atoms with Gasteiger partial charge in [-0.25, -0.2) is 14.4 Å². The number of aliphatic hydroxyl groups is 1. The van der Waals surface area contributed by atoms with E-state index < -0.39 is 11.9 Å². The largest absolute Gasteiger partial charge is 0.494 e. The van der Waals surface area contributed by atoms with Crippen LogP contribution < -0.4 is 10.5 Å². The first-order valence-corrected chi connectivity index (χ1v) is 9.48. The Morgan fingerprint density at radius 2 is 2.14 bits per heavy atom. The number of ether oxygens (including phenoxy) is 1. The van der Waals surface area contributed by atoms with Crippen LogP contribution in [0.3, 0.4) is 0 Å². The van der Waals surface area contributed by atoms with Crippen molar-refractivity contribution in [3.8, 4) is 5.75 Å². The molecule has 10 heteroatoms. The summed E-state index contributed by atoms with van der Waals surface area (Å²) in [4.78, 5) is 22.9. The van der Waals surface area contributed by atoms with E-state index in [2.05, 4.69) is 15.1 Å². The van der Waals surface area contributed by atoms with Crippen molar-refractivity contribution in [2.75, 3.05) is 19.4 Å². The minimum atomic E-state index is -1.06. The van der Waals surface area contributed by atoms with E-state index >= 15 is 0 Å². The van der Waals surface area contributed by atoms with E-state index in [-0.39, 0.29) is 29.6 Å². The number of methoxy groups -OCH3 is 1. The summed E-state index contributed by atoms with van der Waals surface area (Å²) in [5.74, 6) is -0.253. The molecule has 1 aromatic carbocycles. The quantitative estimate of drug-likeness (QED) is 0.681. The van der Waals surface area contributed by atoms with Crippen molar-refractivity contribution in [2.45, 2.75) is 44.8 Å². The Bertz CT molecular complexity index is 1100. The molecule has 29 heavy (non-hydrogen) atoms. The SMILES string of the molecule is COc1cc2nc(N)n3nc([C@@H]4CC[C@H](C)N(C(=O)[C@H](C)O)C4)nc3c2cc1F. The molecule has 9 nitrogen and oxygen atoms in total. The van der Waals surface area contributed by atoms with Crippen LogP contribution in [0.15, 0.2) is 12.1 Å². The van der Waals surface area contributed by atoms with Crippen molar-refractivity contribution in [2.24, 2.45) is 0 Å². The highest BCUT2D eigenvalue weighted by Crippen LogP contribution is 2.31. The summed E-state index contributed by atoms with van der Waals surface area (Å²) in [5, 5.41) is 14.6. The number of piperidine rings is 1. The molecule has 1 aliphatic heterocycles. The number of carbonyl (C=O) groups is 1. The number of nitrogen functional groups attached to an aromatic ring is 1. The lowest BCUT2D eigenvalue weighted by Crippen LogP contribution is -2.48. The molecule has 3 heterocycles. The summed E-state index contributed by atoms with van der Waals surface area (Å²) in [5.41, 5.74) is 6.90. The molecule has 0 saturated carbocycles. The number of rotatable bonds is 3. The molecule has 0 spiro atoms. The molecule has 3 aromatic rings. The summed E-state index contributed by atoms with van der Waals surface area (Å²) in [6.45, 7) is 3.82. The number of anilines is 1. The average molecular weight is 402 g/mol. The fraction of sp³-hybridized carbons (Fsp3) is 0.474. The monoisotopic (exact) mass is 402 g/mol. The van der Waals surface area contributed by atoms with Gasteiger partial charge in [0.15, 0.2) is 23.0 Å². The van der Waals surface area contributed by atoms with Crippen molar-refractivity contribution < 1.29 is 19.0 Å². The number of aliphatic hydroxyl groups excluding tert-OH is 1. The maximum Gasteiger partial charge on any atom is 0.251 e. The lowest BCUT2D eigenvalue weighted by atomic mass is 9.92. The first kappa shape index (κ1) is 19.3. The number of fused-ring (bicyclic) bond motifs is 3. The summed E-state index contributed by atoms with van der Waals surface area (Å²) in [7, 11) is 1.38. The van der Waals surface area contributed by atoms with Gasteiger partial charge in [0.2, 0.25) is 5.95 Å². The van der Waals surface area contributed by atoms with Crippen LogP contribution in [0.5, 0.6) is 5.75 Å². The number of halogens is 1. The molecular formula is C19H23FN6O3. The van der Waals surface area contributed by atoms with Gasteiger partial charge in [-0.3, -0.25) is 4.79 Å². The van der Waals surface area contributed by atoms with Crippen molar-refractivity contribution in [3.63, 3.8) is 0 Å². The molecule has 1 aliphatic rings. The zero-order valence-corrected chi connectivity index (χ0v) is 16.5. The number of likely N-dealkylation sites (tertiary alicyclic amines) is 1. The Morgan fingerprint density at radius 3 is 2.83 bits per heavy atom. The van der Waals surface area contributed by atoms with Crippen LogP contribution in [0.2, 0.25) is 0 Å². The van der Waals surface area contributed by atoms with Crippen LogP contribution in [0.25, 0.3) is 16.6 Å². The van der Waals surface area contributed by atoms with Crippen molar-refractivity contribution >= 4 is 28.4 Å². The van der Waals surface area contributed by atoms with Crippen LogP contribution in [0, 0.1) is 5.82 Å². The molecule has 3 atom stereocenters. The third kappa shape index (κ3) is 3.23. The molecule has 4 rings (SSSR count). The lowest BCUT2D eigenvalue weighted by Gasteiger charge is -2.37. The predicted octanol–water partition coefficient (Wildman–Crippen LogP) is 1.48. The number of benzene rings is 1. The van der Waals surface area contributed by atoms with Gasteiger partial charge in [-0.1, -0.05) is 0 Å². The molecule has 1 saturated heterocycles. The molecule has 3 N–H and O–H groups in total. The van der Waals surface area contributed by atoms with Gasteiger partial charge in [-0.05, 0) is 32.8 Å². The maximum absolute atomic E-state index is 14.3. The van der Waals surface area contributed by atoms with Crippen LogP contribution in [-0.2, 0) is 4.79 Å². The van der Waals surface area contributed by atoms with Crippen molar-refractivity contribution in [3.05, 3.63) is 23.8 Å². The molecule has 0 aliphatic carbocycles. The molecule has 0 bridgehead atoms. The second kappa shape index (κ2) is 7.11. The summed E-state index contributed by atoms with van der Waals surface area (Å²) < 4.78 is 20.7. The number of nitrogens with zero attached hydrogens (tertiary/aromatic N) is 5. The second-order valence-electron chi connectivity index (χ2n) is 7.47. The zero-order valence-electron chi connectivity index (χ0n) is 16.5.